The average Bonchev–Trinajstić information content (AvgIpc) is 2.69. The van der Waals surface area contributed by atoms with E-state index in [0.717, 1.165) is 6.07 Å². The molecule has 1 heterocycles. The molecule has 3 nitrogen and oxygen atoms in total. The number of ketones is 1. The van der Waals surface area contributed by atoms with E-state index in [-0.39, 0.29) is 24.3 Å². The second kappa shape index (κ2) is 8.59. The predicted molar refractivity (Wildman–Crippen MR) is 100.0 cm³/mol. The number of hydrogen-bond donors (Lipinski definition) is 0. The molecule has 0 bridgehead atoms. The van der Waals surface area contributed by atoms with Gasteiger partial charge in [-0.1, -0.05) is 30.2 Å². The van der Waals surface area contributed by atoms with Gasteiger partial charge in [0.15, 0.2) is 5.78 Å². The van der Waals surface area contributed by atoms with Crippen LogP contribution in [0.4, 0.5) is 13.2 Å². The number of terminal acetylenes is 1. The van der Waals surface area contributed by atoms with Crippen molar-refractivity contribution in [3.8, 4) is 12.3 Å². The molecule has 0 aliphatic carbocycles. The van der Waals surface area contributed by atoms with Crippen molar-refractivity contribution in [1.82, 2.24) is 4.90 Å². The quantitative estimate of drug-likeness (QED) is 0.575. The SMILES string of the molecule is C#Cc1cccc(C(=O)Cc2ccc(CN3CCOCC3)c(C(F)(F)F)c2)c1. The predicted octanol–water partition coefficient (Wildman–Crippen LogP) is 3.94. The number of carbonyl (C=O) groups excluding carboxylic acids is 1. The molecule has 0 amide bonds. The molecule has 1 aliphatic rings. The first-order valence-electron chi connectivity index (χ1n) is 8.96. The molecule has 28 heavy (non-hydrogen) atoms. The molecule has 2 aromatic rings. The normalized spacial score (nSPS) is 15.2. The van der Waals surface area contributed by atoms with Gasteiger partial charge in [-0.05, 0) is 29.3 Å². The van der Waals surface area contributed by atoms with E-state index in [2.05, 4.69) is 5.92 Å². The number of halogens is 3. The first kappa shape index (κ1) is 20.1. The van der Waals surface area contributed by atoms with E-state index in [9.17, 15) is 18.0 Å². The number of ether oxygens (including phenoxy) is 1. The Bertz CT molecular complexity index is 893. The van der Waals surface area contributed by atoms with Crippen molar-refractivity contribution in [2.45, 2.75) is 19.1 Å². The van der Waals surface area contributed by atoms with Crippen molar-refractivity contribution in [3.05, 3.63) is 70.3 Å². The Labute approximate surface area is 162 Å². The van der Waals surface area contributed by atoms with Crippen molar-refractivity contribution in [2.75, 3.05) is 26.3 Å². The lowest BCUT2D eigenvalue weighted by atomic mass is 9.97. The summed E-state index contributed by atoms with van der Waals surface area (Å²) in [5.41, 5.74) is 0.792. The lowest BCUT2D eigenvalue weighted by Crippen LogP contribution is -2.36. The molecule has 6 heteroatoms. The van der Waals surface area contributed by atoms with E-state index in [1.807, 2.05) is 4.90 Å². The summed E-state index contributed by atoms with van der Waals surface area (Å²) in [5, 5.41) is 0. The molecular formula is C22H20F3NO2. The van der Waals surface area contributed by atoms with Gasteiger partial charge in [0.1, 0.15) is 0 Å². The van der Waals surface area contributed by atoms with Crippen LogP contribution in [0.25, 0.3) is 0 Å². The topological polar surface area (TPSA) is 29.5 Å². The van der Waals surface area contributed by atoms with Gasteiger partial charge < -0.3 is 4.74 Å². The van der Waals surface area contributed by atoms with Gasteiger partial charge in [0.2, 0.25) is 0 Å². The van der Waals surface area contributed by atoms with Gasteiger partial charge in [-0.3, -0.25) is 9.69 Å². The summed E-state index contributed by atoms with van der Waals surface area (Å²) in [7, 11) is 0. The average molecular weight is 387 g/mol. The summed E-state index contributed by atoms with van der Waals surface area (Å²) < 4.78 is 46.0. The van der Waals surface area contributed by atoms with E-state index in [4.69, 9.17) is 11.2 Å². The van der Waals surface area contributed by atoms with Crippen molar-refractivity contribution in [2.24, 2.45) is 0 Å². The molecule has 2 aromatic carbocycles. The summed E-state index contributed by atoms with van der Waals surface area (Å²) in [5.74, 6) is 2.17. The Morgan fingerprint density at radius 2 is 1.89 bits per heavy atom. The first-order valence-corrected chi connectivity index (χ1v) is 8.96. The highest BCUT2D eigenvalue weighted by Crippen LogP contribution is 2.33. The Morgan fingerprint density at radius 1 is 1.14 bits per heavy atom. The van der Waals surface area contributed by atoms with E-state index < -0.39 is 11.7 Å². The molecule has 0 unspecified atom stereocenters. The summed E-state index contributed by atoms with van der Waals surface area (Å²) in [4.78, 5) is 14.4. The van der Waals surface area contributed by atoms with Crippen molar-refractivity contribution < 1.29 is 22.7 Å². The van der Waals surface area contributed by atoms with Crippen LogP contribution in [0.5, 0.6) is 0 Å². The highest BCUT2D eigenvalue weighted by molar-refractivity contribution is 5.97. The summed E-state index contributed by atoms with van der Waals surface area (Å²) in [6.07, 6.45) is 0.736. The van der Waals surface area contributed by atoms with Gasteiger partial charge >= 0.3 is 6.18 Å². The molecule has 146 valence electrons. The van der Waals surface area contributed by atoms with Gasteiger partial charge in [-0.2, -0.15) is 13.2 Å². The maximum Gasteiger partial charge on any atom is 0.416 e. The number of alkyl halides is 3. The molecule has 0 N–H and O–H groups in total. The van der Waals surface area contributed by atoms with E-state index >= 15 is 0 Å². The summed E-state index contributed by atoms with van der Waals surface area (Å²) in [6.45, 7) is 2.44. The van der Waals surface area contributed by atoms with Crippen LogP contribution >= 0.6 is 0 Å². The molecule has 0 radical (unpaired) electrons. The number of morpholine rings is 1. The smallest absolute Gasteiger partial charge is 0.379 e. The van der Waals surface area contributed by atoms with Crippen LogP contribution in [0.15, 0.2) is 42.5 Å². The van der Waals surface area contributed by atoms with Crippen LogP contribution in [-0.2, 0) is 23.9 Å². The van der Waals surface area contributed by atoms with Crippen LogP contribution in [-0.4, -0.2) is 37.0 Å². The van der Waals surface area contributed by atoms with Gasteiger partial charge in [0.05, 0.1) is 18.8 Å². The molecule has 0 aromatic heterocycles. The van der Waals surface area contributed by atoms with Gasteiger partial charge in [-0.15, -0.1) is 6.42 Å². The monoisotopic (exact) mass is 387 g/mol. The van der Waals surface area contributed by atoms with Gasteiger partial charge in [0.25, 0.3) is 0 Å². The maximum absolute atomic E-state index is 13.6. The van der Waals surface area contributed by atoms with Gasteiger partial charge in [0, 0.05) is 37.2 Å². The Morgan fingerprint density at radius 3 is 2.57 bits per heavy atom. The molecular weight excluding hydrogens is 367 g/mol. The zero-order valence-electron chi connectivity index (χ0n) is 15.3. The minimum atomic E-state index is -4.48. The lowest BCUT2D eigenvalue weighted by molar-refractivity contribution is -0.138. The third kappa shape index (κ3) is 5.00. The molecule has 1 aliphatic heterocycles. The fourth-order valence-corrected chi connectivity index (χ4v) is 3.21. The van der Waals surface area contributed by atoms with Gasteiger partial charge in [-0.25, -0.2) is 0 Å². The summed E-state index contributed by atoms with van der Waals surface area (Å²) >= 11 is 0. The van der Waals surface area contributed by atoms with Crippen LogP contribution < -0.4 is 0 Å². The van der Waals surface area contributed by atoms with Crippen LogP contribution in [0.1, 0.15) is 32.6 Å². The third-order valence-corrected chi connectivity index (χ3v) is 4.69. The van der Waals surface area contributed by atoms with Crippen molar-refractivity contribution >= 4 is 5.78 Å². The van der Waals surface area contributed by atoms with E-state index in [0.29, 0.717) is 43.0 Å². The maximum atomic E-state index is 13.6. The number of benzene rings is 2. The minimum Gasteiger partial charge on any atom is -0.379 e. The number of nitrogens with zero attached hydrogens (tertiary/aromatic N) is 1. The molecule has 3 rings (SSSR count). The number of Topliss-reactive ketones (excluding diaryl/α,β-unsaturated/α-hetero) is 1. The molecule has 0 spiro atoms. The molecule has 0 atom stereocenters. The Balaban J connectivity index is 1.82. The Hall–Kier alpha value is -2.62. The van der Waals surface area contributed by atoms with Crippen LogP contribution in [0.2, 0.25) is 0 Å². The van der Waals surface area contributed by atoms with E-state index in [1.54, 1.807) is 30.3 Å². The zero-order valence-corrected chi connectivity index (χ0v) is 15.3. The minimum absolute atomic E-state index is 0.116. The molecule has 0 saturated carbocycles. The number of carbonyl (C=O) groups is 1. The molecule has 1 saturated heterocycles. The number of hydrogen-bond acceptors (Lipinski definition) is 3. The zero-order chi connectivity index (χ0) is 20.1. The fraction of sp³-hybridized carbons (Fsp3) is 0.318. The largest absolute Gasteiger partial charge is 0.416 e. The second-order valence-corrected chi connectivity index (χ2v) is 6.70. The molecule has 1 fully saturated rings. The Kier molecular flexibility index (Phi) is 6.18. The van der Waals surface area contributed by atoms with Crippen LogP contribution in [0.3, 0.4) is 0 Å². The fourth-order valence-electron chi connectivity index (χ4n) is 3.21. The third-order valence-electron chi connectivity index (χ3n) is 4.69. The first-order chi connectivity index (χ1) is 13.4. The van der Waals surface area contributed by atoms with Crippen LogP contribution in [0, 0.1) is 12.3 Å². The van der Waals surface area contributed by atoms with Crippen molar-refractivity contribution in [1.29, 1.82) is 0 Å². The lowest BCUT2D eigenvalue weighted by Gasteiger charge is -2.27. The summed E-state index contributed by atoms with van der Waals surface area (Å²) in [6, 6.07) is 10.7. The second-order valence-electron chi connectivity index (χ2n) is 6.70. The highest BCUT2D eigenvalue weighted by Gasteiger charge is 2.34. The standard InChI is InChI=1S/C22H20F3NO2/c1-2-16-4-3-5-18(12-16)21(27)14-17-6-7-19(20(13-17)22(23,24)25)15-26-8-10-28-11-9-26/h1,3-7,12-13H,8-11,14-15H2. The van der Waals surface area contributed by atoms with Crippen molar-refractivity contribution in [3.63, 3.8) is 0 Å². The number of rotatable bonds is 5. The van der Waals surface area contributed by atoms with E-state index in [1.165, 1.54) is 6.07 Å². The highest BCUT2D eigenvalue weighted by atomic mass is 19.4.